The fraction of sp³-hybridized carbons (Fsp3) is 0.250. The minimum Gasteiger partial charge on any atom is -0.271 e. The fourth-order valence-electron chi connectivity index (χ4n) is 2.47. The van der Waals surface area contributed by atoms with Crippen molar-refractivity contribution in [3.63, 3.8) is 0 Å². The maximum Gasteiger partial charge on any atom is 0.128 e. The third-order valence-corrected chi connectivity index (χ3v) is 3.75. The average molecular weight is 294 g/mol. The highest BCUT2D eigenvalue weighted by Crippen LogP contribution is 2.37. The summed E-state index contributed by atoms with van der Waals surface area (Å²) in [5.41, 5.74) is 2.76. The summed E-state index contributed by atoms with van der Waals surface area (Å²) >= 11 is 0. The maximum atomic E-state index is 14.0. The number of hydrogen-bond acceptors (Lipinski definition) is 2. The van der Waals surface area contributed by atoms with Gasteiger partial charge in [0.05, 0.1) is 6.04 Å². The van der Waals surface area contributed by atoms with Gasteiger partial charge in [0.1, 0.15) is 17.5 Å². The SMILES string of the molecule is CC(C)(c1ccc(F)cc1)C(NN)c1cc(F)ccc1F. The second-order valence-electron chi connectivity index (χ2n) is 5.49. The van der Waals surface area contributed by atoms with E-state index in [4.69, 9.17) is 5.84 Å². The van der Waals surface area contributed by atoms with Crippen molar-refractivity contribution >= 4 is 0 Å². The highest BCUT2D eigenvalue weighted by atomic mass is 19.1. The first-order valence-corrected chi connectivity index (χ1v) is 6.53. The van der Waals surface area contributed by atoms with Gasteiger partial charge >= 0.3 is 0 Å². The van der Waals surface area contributed by atoms with Crippen LogP contribution in [0.5, 0.6) is 0 Å². The summed E-state index contributed by atoms with van der Waals surface area (Å²) in [6.45, 7) is 3.66. The molecule has 0 heterocycles. The molecule has 0 saturated carbocycles. The molecule has 3 N–H and O–H groups in total. The molecule has 0 radical (unpaired) electrons. The van der Waals surface area contributed by atoms with Crippen molar-refractivity contribution in [3.8, 4) is 0 Å². The lowest BCUT2D eigenvalue weighted by Crippen LogP contribution is -2.41. The largest absolute Gasteiger partial charge is 0.271 e. The predicted octanol–water partition coefficient (Wildman–Crippen LogP) is 3.59. The summed E-state index contributed by atoms with van der Waals surface area (Å²) in [6, 6.07) is 8.43. The maximum absolute atomic E-state index is 14.0. The van der Waals surface area contributed by atoms with Crippen LogP contribution in [0.1, 0.15) is 31.0 Å². The van der Waals surface area contributed by atoms with Gasteiger partial charge in [-0.3, -0.25) is 11.3 Å². The van der Waals surface area contributed by atoms with E-state index < -0.39 is 23.1 Å². The Labute approximate surface area is 121 Å². The first-order valence-electron chi connectivity index (χ1n) is 6.53. The van der Waals surface area contributed by atoms with Crippen molar-refractivity contribution < 1.29 is 13.2 Å². The molecule has 0 aromatic heterocycles. The first-order chi connectivity index (χ1) is 9.86. The van der Waals surface area contributed by atoms with E-state index in [1.165, 1.54) is 12.1 Å². The molecule has 1 atom stereocenters. The Balaban J connectivity index is 2.48. The molecule has 0 spiro atoms. The van der Waals surface area contributed by atoms with Crippen LogP contribution < -0.4 is 11.3 Å². The molecule has 2 aromatic rings. The van der Waals surface area contributed by atoms with Crippen LogP contribution >= 0.6 is 0 Å². The molecule has 0 aliphatic rings. The van der Waals surface area contributed by atoms with Crippen LogP contribution in [0.2, 0.25) is 0 Å². The van der Waals surface area contributed by atoms with Crippen LogP contribution in [0.4, 0.5) is 13.2 Å². The molecule has 0 aliphatic heterocycles. The summed E-state index contributed by atoms with van der Waals surface area (Å²) in [4.78, 5) is 0. The van der Waals surface area contributed by atoms with Gasteiger partial charge in [-0.15, -0.1) is 0 Å². The Morgan fingerprint density at radius 3 is 2.10 bits per heavy atom. The van der Waals surface area contributed by atoms with E-state index in [0.29, 0.717) is 0 Å². The Bertz CT molecular complexity index is 624. The minimum atomic E-state index is -0.670. The summed E-state index contributed by atoms with van der Waals surface area (Å²) < 4.78 is 40.4. The number of nitrogens with two attached hydrogens (primary N) is 1. The molecule has 2 nitrogen and oxygen atoms in total. The number of hydrazine groups is 1. The minimum absolute atomic E-state index is 0.131. The van der Waals surface area contributed by atoms with Crippen LogP contribution in [-0.4, -0.2) is 0 Å². The van der Waals surface area contributed by atoms with Crippen LogP contribution in [0.15, 0.2) is 42.5 Å². The van der Waals surface area contributed by atoms with Crippen molar-refractivity contribution in [1.29, 1.82) is 0 Å². The number of benzene rings is 2. The van der Waals surface area contributed by atoms with E-state index in [0.717, 1.165) is 23.8 Å². The van der Waals surface area contributed by atoms with Gasteiger partial charge in [-0.2, -0.15) is 0 Å². The van der Waals surface area contributed by atoms with Gasteiger partial charge in [-0.1, -0.05) is 26.0 Å². The van der Waals surface area contributed by atoms with Gasteiger partial charge in [-0.25, -0.2) is 13.2 Å². The molecular formula is C16H17F3N2. The molecule has 2 rings (SSSR count). The number of halogens is 3. The molecule has 1 unspecified atom stereocenters. The molecule has 0 bridgehead atoms. The Kier molecular flexibility index (Phi) is 4.34. The van der Waals surface area contributed by atoms with E-state index in [-0.39, 0.29) is 11.4 Å². The van der Waals surface area contributed by atoms with E-state index in [1.54, 1.807) is 12.1 Å². The zero-order valence-electron chi connectivity index (χ0n) is 11.8. The summed E-state index contributed by atoms with van der Waals surface area (Å²) in [5, 5.41) is 0. The topological polar surface area (TPSA) is 38.0 Å². The molecule has 5 heteroatoms. The zero-order valence-corrected chi connectivity index (χ0v) is 11.8. The highest BCUT2D eigenvalue weighted by molar-refractivity contribution is 5.33. The normalized spacial score (nSPS) is 13.2. The Hall–Kier alpha value is -1.85. The smallest absolute Gasteiger partial charge is 0.128 e. The van der Waals surface area contributed by atoms with Crippen molar-refractivity contribution in [1.82, 2.24) is 5.43 Å². The fourth-order valence-corrected chi connectivity index (χ4v) is 2.47. The van der Waals surface area contributed by atoms with Gasteiger partial charge in [0, 0.05) is 11.0 Å². The Morgan fingerprint density at radius 1 is 0.952 bits per heavy atom. The van der Waals surface area contributed by atoms with E-state index >= 15 is 0 Å². The number of nitrogens with one attached hydrogen (secondary N) is 1. The van der Waals surface area contributed by atoms with Crippen LogP contribution in [-0.2, 0) is 5.41 Å². The molecular weight excluding hydrogens is 277 g/mol. The lowest BCUT2D eigenvalue weighted by molar-refractivity contribution is 0.341. The second-order valence-corrected chi connectivity index (χ2v) is 5.49. The Morgan fingerprint density at radius 2 is 1.52 bits per heavy atom. The molecule has 0 amide bonds. The standard InChI is InChI=1S/C16H17F3N2/c1-16(2,10-3-5-11(17)6-4-10)15(21-20)13-9-12(18)7-8-14(13)19/h3-9,15,21H,20H2,1-2H3. The van der Waals surface area contributed by atoms with Crippen molar-refractivity contribution in [2.75, 3.05) is 0 Å². The lowest BCUT2D eigenvalue weighted by Gasteiger charge is -2.35. The molecule has 0 saturated heterocycles. The van der Waals surface area contributed by atoms with Gasteiger partial charge in [0.15, 0.2) is 0 Å². The quantitative estimate of drug-likeness (QED) is 0.668. The number of rotatable bonds is 4. The molecule has 0 aliphatic carbocycles. The summed E-state index contributed by atoms with van der Waals surface area (Å²) in [6.07, 6.45) is 0. The van der Waals surface area contributed by atoms with E-state index in [9.17, 15) is 13.2 Å². The predicted molar refractivity (Wildman–Crippen MR) is 75.8 cm³/mol. The molecule has 2 aromatic carbocycles. The van der Waals surface area contributed by atoms with Crippen molar-refractivity contribution in [3.05, 3.63) is 71.0 Å². The third kappa shape index (κ3) is 3.09. The molecule has 21 heavy (non-hydrogen) atoms. The van der Waals surface area contributed by atoms with Crippen molar-refractivity contribution in [2.24, 2.45) is 5.84 Å². The van der Waals surface area contributed by atoms with Gasteiger partial charge in [0.25, 0.3) is 0 Å². The van der Waals surface area contributed by atoms with Gasteiger partial charge in [0.2, 0.25) is 0 Å². The van der Waals surface area contributed by atoms with Crippen LogP contribution in [0.3, 0.4) is 0 Å². The highest BCUT2D eigenvalue weighted by Gasteiger charge is 2.33. The monoisotopic (exact) mass is 294 g/mol. The molecule has 112 valence electrons. The first kappa shape index (κ1) is 15.5. The summed E-state index contributed by atoms with van der Waals surface area (Å²) in [7, 11) is 0. The van der Waals surface area contributed by atoms with Crippen LogP contribution in [0.25, 0.3) is 0 Å². The molecule has 0 fully saturated rings. The van der Waals surface area contributed by atoms with Gasteiger partial charge < -0.3 is 0 Å². The third-order valence-electron chi connectivity index (χ3n) is 3.75. The van der Waals surface area contributed by atoms with Gasteiger partial charge in [-0.05, 0) is 35.9 Å². The zero-order chi connectivity index (χ0) is 15.6. The summed E-state index contributed by atoms with van der Waals surface area (Å²) in [5.74, 6) is 4.12. The van der Waals surface area contributed by atoms with E-state index in [1.807, 2.05) is 13.8 Å². The van der Waals surface area contributed by atoms with Crippen LogP contribution in [0, 0.1) is 17.5 Å². The van der Waals surface area contributed by atoms with E-state index in [2.05, 4.69) is 5.43 Å². The average Bonchev–Trinajstić information content (AvgIpc) is 2.43. The number of hydrogen-bond donors (Lipinski definition) is 2. The van der Waals surface area contributed by atoms with Crippen molar-refractivity contribution in [2.45, 2.75) is 25.3 Å². The second kappa shape index (κ2) is 5.87. The lowest BCUT2D eigenvalue weighted by atomic mass is 9.75.